The summed E-state index contributed by atoms with van der Waals surface area (Å²) in [5.74, 6) is 0.964. The Kier molecular flexibility index (Phi) is 4.34. The summed E-state index contributed by atoms with van der Waals surface area (Å²) in [7, 11) is 0. The van der Waals surface area contributed by atoms with E-state index in [2.05, 4.69) is 53.4 Å². The molecule has 0 spiro atoms. The van der Waals surface area contributed by atoms with Crippen LogP contribution in [0.15, 0.2) is 54.6 Å². The molecule has 0 N–H and O–H groups in total. The van der Waals surface area contributed by atoms with E-state index in [1.54, 1.807) is 0 Å². The number of fused-ring (bicyclic) bond motifs is 1. The van der Waals surface area contributed by atoms with Crippen LogP contribution in [0.3, 0.4) is 0 Å². The number of nitrogens with zero attached hydrogens (tertiary/aromatic N) is 1. The first-order valence-corrected chi connectivity index (χ1v) is 8.92. The van der Waals surface area contributed by atoms with Crippen molar-refractivity contribution in [3.05, 3.63) is 65.7 Å². The van der Waals surface area contributed by atoms with Gasteiger partial charge in [0.05, 0.1) is 0 Å². The van der Waals surface area contributed by atoms with Crippen molar-refractivity contribution in [3.63, 3.8) is 0 Å². The minimum atomic E-state index is 0.628. The molecule has 4 rings (SSSR count). The molecule has 2 nitrogen and oxygen atoms in total. The smallest absolute Gasteiger partial charge is 0.119 e. The van der Waals surface area contributed by atoms with E-state index in [1.807, 2.05) is 6.07 Å². The predicted molar refractivity (Wildman–Crippen MR) is 93.5 cm³/mol. The van der Waals surface area contributed by atoms with E-state index in [0.717, 1.165) is 11.8 Å². The first-order valence-electron chi connectivity index (χ1n) is 8.92. The Morgan fingerprint density at radius 2 is 1.70 bits per heavy atom. The third-order valence-corrected chi connectivity index (χ3v) is 5.36. The molecule has 2 fully saturated rings. The van der Waals surface area contributed by atoms with Crippen molar-refractivity contribution in [1.29, 1.82) is 0 Å². The van der Waals surface area contributed by atoms with Gasteiger partial charge < -0.3 is 4.74 Å². The quantitative estimate of drug-likeness (QED) is 0.792. The van der Waals surface area contributed by atoms with Crippen LogP contribution in [0.2, 0.25) is 0 Å². The van der Waals surface area contributed by atoms with Crippen molar-refractivity contribution >= 4 is 0 Å². The van der Waals surface area contributed by atoms with E-state index in [9.17, 15) is 0 Å². The van der Waals surface area contributed by atoms with Crippen LogP contribution in [0, 0.1) is 0 Å². The molecule has 2 aromatic carbocycles. The summed E-state index contributed by atoms with van der Waals surface area (Å²) in [6.45, 7) is 1.92. The first-order chi connectivity index (χ1) is 11.4. The van der Waals surface area contributed by atoms with Crippen LogP contribution < -0.4 is 4.74 Å². The highest BCUT2D eigenvalue weighted by atomic mass is 16.5. The lowest BCUT2D eigenvalue weighted by Crippen LogP contribution is -2.35. The van der Waals surface area contributed by atoms with Gasteiger partial charge in [-0.25, -0.2) is 0 Å². The fraction of sp³-hybridized carbons (Fsp3) is 0.429. The molecule has 0 saturated carbocycles. The van der Waals surface area contributed by atoms with E-state index in [4.69, 9.17) is 4.74 Å². The van der Waals surface area contributed by atoms with Crippen LogP contribution in [0.4, 0.5) is 0 Å². The molecule has 0 unspecified atom stereocenters. The van der Waals surface area contributed by atoms with Gasteiger partial charge in [0, 0.05) is 12.1 Å². The molecule has 2 heteroatoms. The molecule has 120 valence electrons. The minimum absolute atomic E-state index is 0.628. The summed E-state index contributed by atoms with van der Waals surface area (Å²) in [6.07, 6.45) is 6.87. The average molecular weight is 307 g/mol. The molecule has 23 heavy (non-hydrogen) atoms. The standard InChI is InChI=1S/C21H25NO/c1-2-6-17(7-3-1)16-23-20-12-9-18(10-13-20)21-14-11-19-8-4-5-15-22(19)21/h1-3,6-7,9-10,12-13,19,21H,4-5,8,11,14-16H2/t19-,21-/m1/s1. The van der Waals surface area contributed by atoms with Gasteiger partial charge in [0.15, 0.2) is 0 Å². The summed E-state index contributed by atoms with van der Waals surface area (Å²) in [4.78, 5) is 2.74. The number of ether oxygens (including phenoxy) is 1. The predicted octanol–water partition coefficient (Wildman–Crippen LogP) is 4.96. The molecule has 2 saturated heterocycles. The summed E-state index contributed by atoms with van der Waals surface area (Å²) in [5.41, 5.74) is 2.67. The van der Waals surface area contributed by atoms with Crippen LogP contribution in [-0.2, 0) is 6.61 Å². The van der Waals surface area contributed by atoms with Crippen LogP contribution in [0.5, 0.6) is 5.75 Å². The van der Waals surface area contributed by atoms with Crippen LogP contribution >= 0.6 is 0 Å². The SMILES string of the molecule is c1ccc(COc2ccc([C@H]3CC[C@H]4CCCCN43)cc2)cc1. The number of hydrogen-bond donors (Lipinski definition) is 0. The lowest BCUT2D eigenvalue weighted by molar-refractivity contribution is 0.150. The molecular weight excluding hydrogens is 282 g/mol. The molecule has 2 aromatic rings. The lowest BCUT2D eigenvalue weighted by Gasteiger charge is -2.34. The molecule has 0 aromatic heterocycles. The topological polar surface area (TPSA) is 12.5 Å². The fourth-order valence-corrected chi connectivity index (χ4v) is 4.14. The van der Waals surface area contributed by atoms with Gasteiger partial charge in [-0.05, 0) is 55.5 Å². The van der Waals surface area contributed by atoms with Crippen molar-refractivity contribution in [3.8, 4) is 5.75 Å². The average Bonchev–Trinajstić information content (AvgIpc) is 3.05. The zero-order valence-electron chi connectivity index (χ0n) is 13.7. The molecule has 2 heterocycles. The first kappa shape index (κ1) is 14.8. The van der Waals surface area contributed by atoms with Gasteiger partial charge in [-0.15, -0.1) is 0 Å². The maximum absolute atomic E-state index is 5.90. The van der Waals surface area contributed by atoms with Crippen molar-refractivity contribution in [2.45, 2.75) is 50.8 Å². The Balaban J connectivity index is 1.40. The Labute approximate surface area is 139 Å². The number of piperidine rings is 1. The molecule has 2 aliphatic heterocycles. The van der Waals surface area contributed by atoms with Gasteiger partial charge in [-0.2, -0.15) is 0 Å². The molecule has 2 atom stereocenters. The Hall–Kier alpha value is -1.80. The highest BCUT2D eigenvalue weighted by Gasteiger charge is 2.35. The Bertz CT molecular complexity index is 622. The number of hydrogen-bond acceptors (Lipinski definition) is 2. The van der Waals surface area contributed by atoms with Crippen molar-refractivity contribution in [2.75, 3.05) is 6.54 Å². The maximum atomic E-state index is 5.90. The van der Waals surface area contributed by atoms with E-state index in [1.165, 1.54) is 49.8 Å². The Morgan fingerprint density at radius 1 is 0.870 bits per heavy atom. The second-order valence-corrected chi connectivity index (χ2v) is 6.82. The van der Waals surface area contributed by atoms with E-state index in [-0.39, 0.29) is 0 Å². The number of rotatable bonds is 4. The summed E-state index contributed by atoms with van der Waals surface area (Å²) in [6, 6.07) is 20.6. The van der Waals surface area contributed by atoms with Crippen LogP contribution in [0.1, 0.15) is 49.3 Å². The van der Waals surface area contributed by atoms with Gasteiger partial charge in [-0.1, -0.05) is 48.9 Å². The number of benzene rings is 2. The van der Waals surface area contributed by atoms with Gasteiger partial charge in [0.2, 0.25) is 0 Å². The Morgan fingerprint density at radius 3 is 2.52 bits per heavy atom. The zero-order valence-corrected chi connectivity index (χ0v) is 13.7. The molecule has 0 bridgehead atoms. The van der Waals surface area contributed by atoms with Gasteiger partial charge in [-0.3, -0.25) is 4.90 Å². The van der Waals surface area contributed by atoms with E-state index in [0.29, 0.717) is 12.6 Å². The molecule has 2 aliphatic rings. The van der Waals surface area contributed by atoms with Crippen molar-refractivity contribution < 1.29 is 4.74 Å². The van der Waals surface area contributed by atoms with Crippen molar-refractivity contribution in [2.24, 2.45) is 0 Å². The molecule has 0 aliphatic carbocycles. The van der Waals surface area contributed by atoms with Gasteiger partial charge in [0.1, 0.15) is 12.4 Å². The fourth-order valence-electron chi connectivity index (χ4n) is 4.14. The van der Waals surface area contributed by atoms with Crippen LogP contribution in [-0.4, -0.2) is 17.5 Å². The minimum Gasteiger partial charge on any atom is -0.489 e. The second-order valence-electron chi connectivity index (χ2n) is 6.82. The molecular formula is C21H25NO. The van der Waals surface area contributed by atoms with Gasteiger partial charge >= 0.3 is 0 Å². The second kappa shape index (κ2) is 6.76. The zero-order chi connectivity index (χ0) is 15.5. The molecule has 0 amide bonds. The maximum Gasteiger partial charge on any atom is 0.119 e. The van der Waals surface area contributed by atoms with E-state index < -0.39 is 0 Å². The largest absolute Gasteiger partial charge is 0.489 e. The highest BCUT2D eigenvalue weighted by molar-refractivity contribution is 5.30. The van der Waals surface area contributed by atoms with Crippen LogP contribution in [0.25, 0.3) is 0 Å². The van der Waals surface area contributed by atoms with Crippen molar-refractivity contribution in [1.82, 2.24) is 4.90 Å². The summed E-state index contributed by atoms with van der Waals surface area (Å²) in [5, 5.41) is 0. The molecule has 0 radical (unpaired) electrons. The lowest BCUT2D eigenvalue weighted by atomic mass is 10.0. The third kappa shape index (κ3) is 3.28. The summed E-state index contributed by atoms with van der Waals surface area (Å²) < 4.78 is 5.90. The third-order valence-electron chi connectivity index (χ3n) is 5.36. The highest BCUT2D eigenvalue weighted by Crippen LogP contribution is 2.40. The van der Waals surface area contributed by atoms with E-state index >= 15 is 0 Å². The normalized spacial score (nSPS) is 24.3. The van der Waals surface area contributed by atoms with Gasteiger partial charge in [0.25, 0.3) is 0 Å². The summed E-state index contributed by atoms with van der Waals surface area (Å²) >= 11 is 0. The monoisotopic (exact) mass is 307 g/mol.